The van der Waals surface area contributed by atoms with Crippen molar-refractivity contribution in [3.05, 3.63) is 29.8 Å². The zero-order valence-electron chi connectivity index (χ0n) is 10.2. The second-order valence-corrected chi connectivity index (χ2v) is 3.90. The summed E-state index contributed by atoms with van der Waals surface area (Å²) in [6.45, 7) is 5.07. The smallest absolute Gasteiger partial charge is 0.321 e. The Morgan fingerprint density at radius 1 is 1.18 bits per heavy atom. The van der Waals surface area contributed by atoms with Crippen LogP contribution in [0, 0.1) is 0 Å². The molecule has 0 spiro atoms. The molecule has 0 radical (unpaired) electrons. The van der Waals surface area contributed by atoms with Gasteiger partial charge in [0.05, 0.1) is 0 Å². The summed E-state index contributed by atoms with van der Waals surface area (Å²) >= 11 is 0. The maximum Gasteiger partial charge on any atom is 0.321 e. The summed E-state index contributed by atoms with van der Waals surface area (Å²) in [6, 6.07) is 8.71. The van der Waals surface area contributed by atoms with Crippen LogP contribution in [0.3, 0.4) is 0 Å². The van der Waals surface area contributed by atoms with Crippen LogP contribution in [-0.2, 0) is 6.42 Å². The van der Waals surface area contributed by atoms with E-state index in [0.29, 0.717) is 11.8 Å². The molecule has 2 aromatic rings. The average molecular weight is 231 g/mol. The van der Waals surface area contributed by atoms with Gasteiger partial charge in [0.15, 0.2) is 0 Å². The van der Waals surface area contributed by atoms with Gasteiger partial charge in [-0.3, -0.25) is 0 Å². The van der Waals surface area contributed by atoms with Gasteiger partial charge in [0.2, 0.25) is 5.82 Å². The fourth-order valence-corrected chi connectivity index (χ4v) is 1.53. The molecule has 4 nitrogen and oxygen atoms in total. The molecule has 1 aromatic heterocycles. The molecule has 0 aliphatic heterocycles. The molecule has 90 valence electrons. The molecular formula is C13H17N3O. The first kappa shape index (κ1) is 11.6. The van der Waals surface area contributed by atoms with Crippen LogP contribution in [-0.4, -0.2) is 16.7 Å². The zero-order valence-corrected chi connectivity index (χ0v) is 10.2. The number of anilines is 1. The van der Waals surface area contributed by atoms with Crippen LogP contribution in [0.5, 0.6) is 0 Å². The van der Waals surface area contributed by atoms with Gasteiger partial charge in [-0.2, -0.15) is 4.98 Å². The Bertz CT molecular complexity index is 462. The van der Waals surface area contributed by atoms with E-state index in [1.165, 1.54) is 5.56 Å². The van der Waals surface area contributed by atoms with Crippen LogP contribution in [0.1, 0.15) is 25.8 Å². The van der Waals surface area contributed by atoms with E-state index in [0.717, 1.165) is 24.9 Å². The van der Waals surface area contributed by atoms with E-state index >= 15 is 0 Å². The Morgan fingerprint density at radius 3 is 2.59 bits per heavy atom. The lowest BCUT2D eigenvalue weighted by Crippen LogP contribution is -1.99. The number of aromatic nitrogens is 2. The van der Waals surface area contributed by atoms with Crippen molar-refractivity contribution in [1.82, 2.24) is 10.1 Å². The van der Waals surface area contributed by atoms with Gasteiger partial charge in [-0.15, -0.1) is 0 Å². The quantitative estimate of drug-likeness (QED) is 0.859. The molecule has 4 heteroatoms. The number of benzene rings is 1. The average Bonchev–Trinajstić information content (AvgIpc) is 2.85. The summed E-state index contributed by atoms with van der Waals surface area (Å²) < 4.78 is 5.11. The van der Waals surface area contributed by atoms with Crippen LogP contribution < -0.4 is 5.32 Å². The highest BCUT2D eigenvalue weighted by Crippen LogP contribution is 2.18. The molecule has 0 saturated carbocycles. The molecule has 2 rings (SSSR count). The predicted molar refractivity (Wildman–Crippen MR) is 67.9 cm³/mol. The Hall–Kier alpha value is -1.84. The van der Waals surface area contributed by atoms with Crippen LogP contribution in [0.25, 0.3) is 11.4 Å². The summed E-state index contributed by atoms with van der Waals surface area (Å²) in [5.41, 5.74) is 2.29. The number of hydrogen-bond donors (Lipinski definition) is 1. The monoisotopic (exact) mass is 231 g/mol. The fraction of sp³-hybridized carbons (Fsp3) is 0.385. The molecule has 0 saturated heterocycles. The lowest BCUT2D eigenvalue weighted by atomic mass is 10.1. The van der Waals surface area contributed by atoms with E-state index in [1.54, 1.807) is 0 Å². The van der Waals surface area contributed by atoms with Crippen molar-refractivity contribution < 1.29 is 4.52 Å². The molecule has 17 heavy (non-hydrogen) atoms. The number of aryl methyl sites for hydroxylation is 1. The minimum atomic E-state index is 0.487. The zero-order chi connectivity index (χ0) is 12.1. The number of hydrogen-bond acceptors (Lipinski definition) is 4. The Balaban J connectivity index is 2.12. The first-order chi connectivity index (χ1) is 8.33. The molecule has 0 atom stereocenters. The van der Waals surface area contributed by atoms with E-state index < -0.39 is 0 Å². The van der Waals surface area contributed by atoms with Crippen LogP contribution in [0.2, 0.25) is 0 Å². The fourth-order valence-electron chi connectivity index (χ4n) is 1.53. The molecular weight excluding hydrogens is 214 g/mol. The second kappa shape index (κ2) is 5.48. The summed E-state index contributed by atoms with van der Waals surface area (Å²) in [5, 5.41) is 7.01. The van der Waals surface area contributed by atoms with Crippen molar-refractivity contribution >= 4 is 6.01 Å². The SMILES string of the molecule is CCCNc1nc(-c2ccc(CC)cc2)no1. The highest BCUT2D eigenvalue weighted by Gasteiger charge is 2.07. The maximum atomic E-state index is 5.11. The second-order valence-electron chi connectivity index (χ2n) is 3.90. The third kappa shape index (κ3) is 2.84. The summed E-state index contributed by atoms with van der Waals surface area (Å²) in [7, 11) is 0. The van der Waals surface area contributed by atoms with Gasteiger partial charge in [-0.1, -0.05) is 43.3 Å². The van der Waals surface area contributed by atoms with Crippen molar-refractivity contribution in [2.75, 3.05) is 11.9 Å². The molecule has 1 aromatic carbocycles. The maximum absolute atomic E-state index is 5.11. The topological polar surface area (TPSA) is 51.0 Å². The first-order valence-corrected chi connectivity index (χ1v) is 6.00. The number of nitrogens with zero attached hydrogens (tertiary/aromatic N) is 2. The van der Waals surface area contributed by atoms with Crippen LogP contribution in [0.4, 0.5) is 6.01 Å². The van der Waals surface area contributed by atoms with Crippen LogP contribution in [0.15, 0.2) is 28.8 Å². The molecule has 1 N–H and O–H groups in total. The molecule has 0 amide bonds. The minimum absolute atomic E-state index is 0.487. The van der Waals surface area contributed by atoms with Crippen molar-refractivity contribution in [3.63, 3.8) is 0 Å². The van der Waals surface area contributed by atoms with Crippen molar-refractivity contribution in [1.29, 1.82) is 0 Å². The van der Waals surface area contributed by atoms with Gasteiger partial charge >= 0.3 is 6.01 Å². The molecule has 0 aliphatic carbocycles. The van der Waals surface area contributed by atoms with Gasteiger partial charge in [-0.05, 0) is 18.4 Å². The van der Waals surface area contributed by atoms with Gasteiger partial charge in [0.25, 0.3) is 0 Å². The Labute approximate surface area is 101 Å². The van der Waals surface area contributed by atoms with Crippen molar-refractivity contribution in [2.24, 2.45) is 0 Å². The lowest BCUT2D eigenvalue weighted by Gasteiger charge is -1.97. The summed E-state index contributed by atoms with van der Waals surface area (Å²) in [5.74, 6) is 0.631. The van der Waals surface area contributed by atoms with Gasteiger partial charge in [-0.25, -0.2) is 0 Å². The third-order valence-electron chi connectivity index (χ3n) is 2.57. The number of nitrogens with one attached hydrogen (secondary N) is 1. The molecule has 0 fully saturated rings. The van der Waals surface area contributed by atoms with Crippen molar-refractivity contribution in [3.8, 4) is 11.4 Å². The highest BCUT2D eigenvalue weighted by atomic mass is 16.5. The number of rotatable bonds is 5. The largest absolute Gasteiger partial charge is 0.338 e. The lowest BCUT2D eigenvalue weighted by molar-refractivity contribution is 0.432. The summed E-state index contributed by atoms with van der Waals surface area (Å²) in [4.78, 5) is 4.28. The van der Waals surface area contributed by atoms with E-state index in [9.17, 15) is 0 Å². The molecule has 0 bridgehead atoms. The normalized spacial score (nSPS) is 10.5. The molecule has 0 unspecified atom stereocenters. The molecule has 1 heterocycles. The Morgan fingerprint density at radius 2 is 1.94 bits per heavy atom. The molecule has 0 aliphatic rings. The highest BCUT2D eigenvalue weighted by molar-refractivity contribution is 5.55. The van der Waals surface area contributed by atoms with Crippen molar-refractivity contribution in [2.45, 2.75) is 26.7 Å². The standard InChI is InChI=1S/C13H17N3O/c1-3-9-14-13-15-12(16-17-13)11-7-5-10(4-2)6-8-11/h5-8H,3-4,9H2,1-2H3,(H,14,15,16). The van der Waals surface area contributed by atoms with Gasteiger partial charge in [0, 0.05) is 12.1 Å². The minimum Gasteiger partial charge on any atom is -0.338 e. The van der Waals surface area contributed by atoms with Crippen LogP contribution >= 0.6 is 0 Å². The third-order valence-corrected chi connectivity index (χ3v) is 2.57. The van der Waals surface area contributed by atoms with Gasteiger partial charge in [0.1, 0.15) is 0 Å². The van der Waals surface area contributed by atoms with E-state index in [-0.39, 0.29) is 0 Å². The van der Waals surface area contributed by atoms with E-state index in [1.807, 2.05) is 12.1 Å². The van der Waals surface area contributed by atoms with Gasteiger partial charge < -0.3 is 9.84 Å². The predicted octanol–water partition coefficient (Wildman–Crippen LogP) is 3.12. The van der Waals surface area contributed by atoms with E-state index in [4.69, 9.17) is 4.52 Å². The Kier molecular flexibility index (Phi) is 3.75. The van der Waals surface area contributed by atoms with E-state index in [2.05, 4.69) is 41.4 Å². The summed E-state index contributed by atoms with van der Waals surface area (Å²) in [6.07, 6.45) is 2.07. The first-order valence-electron chi connectivity index (χ1n) is 6.00.